The van der Waals surface area contributed by atoms with E-state index >= 15 is 0 Å². The second kappa shape index (κ2) is 5.66. The van der Waals surface area contributed by atoms with Gasteiger partial charge in [-0.3, -0.25) is 0 Å². The average molecular weight is 291 g/mol. The number of nitrogens with one attached hydrogen (secondary N) is 1. The van der Waals surface area contributed by atoms with E-state index < -0.39 is 5.54 Å². The summed E-state index contributed by atoms with van der Waals surface area (Å²) in [7, 11) is 0. The molecule has 20 heavy (non-hydrogen) atoms. The number of rotatable bonds is 2. The Morgan fingerprint density at radius 2 is 1.90 bits per heavy atom. The highest BCUT2D eigenvalue weighted by Gasteiger charge is 2.46. The molecular formula is C17H23ClN2. The van der Waals surface area contributed by atoms with Crippen molar-refractivity contribution in [1.29, 1.82) is 5.26 Å². The maximum absolute atomic E-state index is 9.85. The van der Waals surface area contributed by atoms with Gasteiger partial charge in [-0.2, -0.15) is 5.26 Å². The molecule has 1 aromatic carbocycles. The van der Waals surface area contributed by atoms with Crippen molar-refractivity contribution < 1.29 is 0 Å². The van der Waals surface area contributed by atoms with Crippen LogP contribution in [0.25, 0.3) is 0 Å². The van der Waals surface area contributed by atoms with Crippen molar-refractivity contribution in [2.24, 2.45) is 11.3 Å². The zero-order valence-electron chi connectivity index (χ0n) is 12.5. The van der Waals surface area contributed by atoms with E-state index in [-0.39, 0.29) is 5.41 Å². The average Bonchev–Trinajstić information content (AvgIpc) is 2.41. The molecule has 3 heteroatoms. The maximum atomic E-state index is 9.85. The smallest absolute Gasteiger partial charge is 0.128 e. The lowest BCUT2D eigenvalue weighted by atomic mass is 9.62. The summed E-state index contributed by atoms with van der Waals surface area (Å²) in [6.45, 7) is 6.70. The van der Waals surface area contributed by atoms with Gasteiger partial charge in [0.05, 0.1) is 6.07 Å². The zero-order chi connectivity index (χ0) is 14.8. The quantitative estimate of drug-likeness (QED) is 0.807. The minimum atomic E-state index is -0.468. The van der Waals surface area contributed by atoms with Crippen LogP contribution in [0.1, 0.15) is 46.5 Å². The van der Waals surface area contributed by atoms with Crippen molar-refractivity contribution in [3.05, 3.63) is 29.3 Å². The molecule has 0 amide bonds. The Kier molecular flexibility index (Phi) is 4.30. The first-order chi connectivity index (χ1) is 9.37. The fourth-order valence-electron chi connectivity index (χ4n) is 3.45. The molecule has 1 N–H and O–H groups in total. The lowest BCUT2D eigenvalue weighted by molar-refractivity contribution is 0.127. The predicted octanol–water partition coefficient (Wildman–Crippen LogP) is 5.25. The molecule has 0 bridgehead atoms. The fourth-order valence-corrected chi connectivity index (χ4v) is 3.57. The summed E-state index contributed by atoms with van der Waals surface area (Å²) in [5.41, 5.74) is 0.631. The number of halogens is 1. The zero-order valence-corrected chi connectivity index (χ0v) is 13.3. The molecule has 0 saturated heterocycles. The molecule has 1 aromatic rings. The summed E-state index contributed by atoms with van der Waals surface area (Å²) in [5.74, 6) is 0.351. The molecule has 0 radical (unpaired) electrons. The van der Waals surface area contributed by atoms with Gasteiger partial charge in [-0.25, -0.2) is 0 Å². The van der Waals surface area contributed by atoms with Crippen molar-refractivity contribution >= 4 is 17.3 Å². The summed E-state index contributed by atoms with van der Waals surface area (Å²) in [5, 5.41) is 14.1. The van der Waals surface area contributed by atoms with Crippen LogP contribution in [0.5, 0.6) is 0 Å². The third-order valence-corrected chi connectivity index (χ3v) is 4.62. The highest BCUT2D eigenvalue weighted by Crippen LogP contribution is 2.45. The van der Waals surface area contributed by atoms with Crippen LogP contribution in [0.15, 0.2) is 24.3 Å². The van der Waals surface area contributed by atoms with Crippen LogP contribution in [0.4, 0.5) is 5.69 Å². The molecule has 2 rings (SSSR count). The third-order valence-electron chi connectivity index (χ3n) is 4.37. The Labute approximate surface area is 127 Å². The molecule has 1 saturated carbocycles. The minimum absolute atomic E-state index is 0.121. The van der Waals surface area contributed by atoms with Crippen LogP contribution < -0.4 is 5.32 Å². The maximum Gasteiger partial charge on any atom is 0.128 e. The van der Waals surface area contributed by atoms with Crippen molar-refractivity contribution in [3.63, 3.8) is 0 Å². The molecule has 2 unspecified atom stereocenters. The first-order valence-corrected chi connectivity index (χ1v) is 7.70. The number of nitriles is 1. The number of benzene rings is 1. The molecule has 1 aliphatic carbocycles. The summed E-state index contributed by atoms with van der Waals surface area (Å²) in [6, 6.07) is 10.2. The summed E-state index contributed by atoms with van der Waals surface area (Å²) in [6.07, 6.45) is 4.35. The Bertz CT molecular complexity index is 495. The van der Waals surface area contributed by atoms with Crippen LogP contribution in [-0.2, 0) is 0 Å². The van der Waals surface area contributed by atoms with Gasteiger partial charge >= 0.3 is 0 Å². The van der Waals surface area contributed by atoms with Crippen LogP contribution in [0.2, 0.25) is 5.02 Å². The Morgan fingerprint density at radius 3 is 2.45 bits per heavy atom. The molecule has 0 aromatic heterocycles. The predicted molar refractivity (Wildman–Crippen MR) is 84.8 cm³/mol. The van der Waals surface area contributed by atoms with Gasteiger partial charge in [-0.05, 0) is 42.5 Å². The van der Waals surface area contributed by atoms with Gasteiger partial charge in [0.2, 0.25) is 0 Å². The topological polar surface area (TPSA) is 35.8 Å². The van der Waals surface area contributed by atoms with E-state index in [2.05, 4.69) is 32.2 Å². The molecule has 1 fully saturated rings. The number of hydrogen-bond donors (Lipinski definition) is 1. The second-order valence-corrected chi connectivity index (χ2v) is 7.32. The van der Waals surface area contributed by atoms with E-state index in [0.29, 0.717) is 5.92 Å². The van der Waals surface area contributed by atoms with E-state index in [1.807, 2.05) is 24.3 Å². The van der Waals surface area contributed by atoms with Crippen LogP contribution in [-0.4, -0.2) is 5.54 Å². The van der Waals surface area contributed by atoms with E-state index in [4.69, 9.17) is 11.6 Å². The second-order valence-electron chi connectivity index (χ2n) is 6.88. The highest BCUT2D eigenvalue weighted by atomic mass is 35.5. The molecule has 0 heterocycles. The number of hydrogen-bond acceptors (Lipinski definition) is 2. The first-order valence-electron chi connectivity index (χ1n) is 7.32. The minimum Gasteiger partial charge on any atom is -0.367 e. The van der Waals surface area contributed by atoms with E-state index in [0.717, 1.165) is 30.0 Å². The lowest BCUT2D eigenvalue weighted by Crippen LogP contribution is -2.51. The van der Waals surface area contributed by atoms with Crippen molar-refractivity contribution in [1.82, 2.24) is 0 Å². The van der Waals surface area contributed by atoms with Crippen LogP contribution in [0, 0.1) is 22.7 Å². The number of nitrogens with zero attached hydrogens (tertiary/aromatic N) is 1. The van der Waals surface area contributed by atoms with Crippen molar-refractivity contribution in [2.45, 2.75) is 52.0 Å². The van der Waals surface area contributed by atoms with Gasteiger partial charge < -0.3 is 5.32 Å². The normalized spacial score (nSPS) is 26.9. The largest absolute Gasteiger partial charge is 0.367 e. The highest BCUT2D eigenvalue weighted by molar-refractivity contribution is 6.30. The van der Waals surface area contributed by atoms with Gasteiger partial charge in [0.15, 0.2) is 0 Å². The standard InChI is InChI=1S/C17H23ClN2/c1-16(2,3)15-6-4-5-11-17(15,12-19)20-14-9-7-13(18)8-10-14/h7-10,15,20H,4-6,11H2,1-3H3. The Morgan fingerprint density at radius 1 is 1.25 bits per heavy atom. The lowest BCUT2D eigenvalue weighted by Gasteiger charge is -2.46. The monoisotopic (exact) mass is 290 g/mol. The summed E-state index contributed by atoms with van der Waals surface area (Å²) < 4.78 is 0. The summed E-state index contributed by atoms with van der Waals surface area (Å²) >= 11 is 5.93. The van der Waals surface area contributed by atoms with E-state index in [1.54, 1.807) is 0 Å². The van der Waals surface area contributed by atoms with Gasteiger partial charge in [0.25, 0.3) is 0 Å². The SMILES string of the molecule is CC(C)(C)C1CCCCC1(C#N)Nc1ccc(Cl)cc1. The van der Waals surface area contributed by atoms with Crippen molar-refractivity contribution in [2.75, 3.05) is 5.32 Å². The number of anilines is 1. The first kappa shape index (κ1) is 15.2. The molecule has 0 spiro atoms. The molecule has 2 atom stereocenters. The molecule has 2 nitrogen and oxygen atoms in total. The van der Waals surface area contributed by atoms with Crippen LogP contribution in [0.3, 0.4) is 0 Å². The fraction of sp³-hybridized carbons (Fsp3) is 0.588. The van der Waals surface area contributed by atoms with Gasteiger partial charge in [0, 0.05) is 16.6 Å². The molecule has 108 valence electrons. The third kappa shape index (κ3) is 3.10. The van der Waals surface area contributed by atoms with Gasteiger partial charge in [0.1, 0.15) is 5.54 Å². The Balaban J connectivity index is 2.31. The molecule has 1 aliphatic rings. The van der Waals surface area contributed by atoms with Crippen molar-refractivity contribution in [3.8, 4) is 6.07 Å². The molecule has 0 aliphatic heterocycles. The summed E-state index contributed by atoms with van der Waals surface area (Å²) in [4.78, 5) is 0. The van der Waals surface area contributed by atoms with E-state index in [9.17, 15) is 5.26 Å². The van der Waals surface area contributed by atoms with Gasteiger partial charge in [-0.1, -0.05) is 45.2 Å². The van der Waals surface area contributed by atoms with Gasteiger partial charge in [-0.15, -0.1) is 0 Å². The molecular weight excluding hydrogens is 268 g/mol. The van der Waals surface area contributed by atoms with E-state index in [1.165, 1.54) is 6.42 Å². The van der Waals surface area contributed by atoms with Crippen LogP contribution >= 0.6 is 11.6 Å². The Hall–Kier alpha value is -1.20.